The van der Waals surface area contributed by atoms with E-state index in [0.717, 1.165) is 11.1 Å². The number of carbonyl (C=O) groups is 2. The molecule has 0 unspecified atom stereocenters. The molecule has 1 amide bonds. The zero-order valence-electron chi connectivity index (χ0n) is 12.6. The molecule has 0 atom stereocenters. The molecule has 2 aromatic rings. The lowest BCUT2D eigenvalue weighted by atomic mass is 10.2. The first-order valence-corrected chi connectivity index (χ1v) is 7.75. The van der Waals surface area contributed by atoms with Crippen LogP contribution < -0.4 is 10.1 Å². The van der Waals surface area contributed by atoms with Gasteiger partial charge in [-0.25, -0.2) is 4.79 Å². The Kier molecular flexibility index (Phi) is 6.13. The molecule has 0 radical (unpaired) electrons. The Morgan fingerprint density at radius 3 is 2.87 bits per heavy atom. The quantitative estimate of drug-likeness (QED) is 0.773. The van der Waals surface area contributed by atoms with Crippen LogP contribution in [-0.2, 0) is 22.7 Å². The standard InChI is InChI=1S/C16H17NO5S/c1-21-9-12-5-6-23-15(12)16(20)17-8-11-3-2-4-13(7-11)22-10-14(18)19/h2-7H,8-10H2,1H3,(H,17,20)(H,18,19). The number of carboxylic acid groups (broad SMARTS) is 1. The zero-order chi connectivity index (χ0) is 16.7. The molecule has 0 spiro atoms. The fourth-order valence-corrected chi connectivity index (χ4v) is 2.78. The number of ether oxygens (including phenoxy) is 2. The minimum absolute atomic E-state index is 0.163. The van der Waals surface area contributed by atoms with Crippen molar-refractivity contribution in [3.05, 3.63) is 51.7 Å². The van der Waals surface area contributed by atoms with Crippen LogP contribution in [-0.4, -0.2) is 30.7 Å². The number of aliphatic carboxylic acids is 1. The highest BCUT2D eigenvalue weighted by atomic mass is 32.1. The number of carbonyl (C=O) groups excluding carboxylic acids is 1. The Morgan fingerprint density at radius 2 is 2.13 bits per heavy atom. The van der Waals surface area contributed by atoms with E-state index in [0.29, 0.717) is 23.8 Å². The third kappa shape index (κ3) is 5.08. The predicted molar refractivity (Wildman–Crippen MR) is 85.8 cm³/mol. The Hall–Kier alpha value is -2.38. The van der Waals surface area contributed by atoms with Crippen LogP contribution in [0.2, 0.25) is 0 Å². The third-order valence-electron chi connectivity index (χ3n) is 2.97. The predicted octanol–water partition coefficient (Wildman–Crippen LogP) is 2.29. The van der Waals surface area contributed by atoms with E-state index in [4.69, 9.17) is 14.6 Å². The SMILES string of the molecule is COCc1ccsc1C(=O)NCc1cccc(OCC(=O)O)c1. The van der Waals surface area contributed by atoms with E-state index < -0.39 is 12.6 Å². The Bertz CT molecular complexity index is 683. The van der Waals surface area contributed by atoms with Crippen LogP contribution in [0.15, 0.2) is 35.7 Å². The highest BCUT2D eigenvalue weighted by Crippen LogP contribution is 2.18. The maximum atomic E-state index is 12.2. The van der Waals surface area contributed by atoms with Gasteiger partial charge < -0.3 is 19.9 Å². The molecule has 2 rings (SSSR count). The summed E-state index contributed by atoms with van der Waals surface area (Å²) in [6, 6.07) is 8.82. The fourth-order valence-electron chi connectivity index (χ4n) is 1.96. The maximum absolute atomic E-state index is 12.2. The summed E-state index contributed by atoms with van der Waals surface area (Å²) in [5.74, 6) is -0.744. The molecular weight excluding hydrogens is 318 g/mol. The van der Waals surface area contributed by atoms with Gasteiger partial charge in [-0.3, -0.25) is 4.79 Å². The number of amides is 1. The van der Waals surface area contributed by atoms with Gasteiger partial charge in [-0.05, 0) is 29.1 Å². The van der Waals surface area contributed by atoms with Crippen LogP contribution in [0.4, 0.5) is 0 Å². The summed E-state index contributed by atoms with van der Waals surface area (Å²) >= 11 is 1.37. The molecule has 7 heteroatoms. The largest absolute Gasteiger partial charge is 0.482 e. The van der Waals surface area contributed by atoms with Crippen molar-refractivity contribution in [1.29, 1.82) is 0 Å². The second-order valence-electron chi connectivity index (χ2n) is 4.72. The molecule has 1 heterocycles. The van der Waals surface area contributed by atoms with Crippen LogP contribution >= 0.6 is 11.3 Å². The first-order valence-electron chi connectivity index (χ1n) is 6.87. The molecule has 1 aromatic heterocycles. The van der Waals surface area contributed by atoms with Crippen molar-refractivity contribution in [2.24, 2.45) is 0 Å². The number of nitrogens with one attached hydrogen (secondary N) is 1. The van der Waals surface area contributed by atoms with Crippen LogP contribution in [0.1, 0.15) is 20.8 Å². The lowest BCUT2D eigenvalue weighted by molar-refractivity contribution is -0.139. The van der Waals surface area contributed by atoms with Crippen LogP contribution in [0.25, 0.3) is 0 Å². The number of hydrogen-bond donors (Lipinski definition) is 2. The molecule has 0 saturated heterocycles. The first-order chi connectivity index (χ1) is 11.1. The summed E-state index contributed by atoms with van der Waals surface area (Å²) in [7, 11) is 1.59. The monoisotopic (exact) mass is 335 g/mol. The Labute approximate surface area is 137 Å². The van der Waals surface area contributed by atoms with Gasteiger partial charge in [0.2, 0.25) is 0 Å². The molecule has 0 fully saturated rings. The lowest BCUT2D eigenvalue weighted by Gasteiger charge is -2.08. The number of benzene rings is 1. The van der Waals surface area contributed by atoms with E-state index in [1.54, 1.807) is 25.3 Å². The molecular formula is C16H17NO5S. The summed E-state index contributed by atoms with van der Waals surface area (Å²) in [5, 5.41) is 13.3. The molecule has 0 aliphatic rings. The average Bonchev–Trinajstić information content (AvgIpc) is 3.00. The minimum atomic E-state index is -1.04. The molecule has 6 nitrogen and oxygen atoms in total. The third-order valence-corrected chi connectivity index (χ3v) is 3.92. The van der Waals surface area contributed by atoms with Gasteiger partial charge in [-0.2, -0.15) is 0 Å². The summed E-state index contributed by atoms with van der Waals surface area (Å²) in [6.45, 7) is 0.323. The highest BCUT2D eigenvalue weighted by molar-refractivity contribution is 7.12. The maximum Gasteiger partial charge on any atom is 0.341 e. The number of carboxylic acids is 1. The number of thiophene rings is 1. The van der Waals surface area contributed by atoms with Gasteiger partial charge in [0.05, 0.1) is 11.5 Å². The Balaban J connectivity index is 1.94. The minimum Gasteiger partial charge on any atom is -0.482 e. The Morgan fingerprint density at radius 1 is 1.30 bits per heavy atom. The average molecular weight is 335 g/mol. The molecule has 23 heavy (non-hydrogen) atoms. The smallest absolute Gasteiger partial charge is 0.341 e. The lowest BCUT2D eigenvalue weighted by Crippen LogP contribution is -2.23. The van der Waals surface area contributed by atoms with Crippen molar-refractivity contribution in [3.8, 4) is 5.75 Å². The summed E-state index contributed by atoms with van der Waals surface area (Å²) in [4.78, 5) is 23.3. The van der Waals surface area contributed by atoms with E-state index in [1.165, 1.54) is 11.3 Å². The van der Waals surface area contributed by atoms with Crippen LogP contribution in [0, 0.1) is 0 Å². The molecule has 2 N–H and O–H groups in total. The summed E-state index contributed by atoms with van der Waals surface area (Å²) < 4.78 is 10.2. The van der Waals surface area contributed by atoms with Crippen molar-refractivity contribution in [3.63, 3.8) is 0 Å². The van der Waals surface area contributed by atoms with E-state index in [-0.39, 0.29) is 5.91 Å². The van der Waals surface area contributed by atoms with Gasteiger partial charge in [-0.15, -0.1) is 11.3 Å². The van der Waals surface area contributed by atoms with E-state index >= 15 is 0 Å². The van der Waals surface area contributed by atoms with Crippen LogP contribution in [0.5, 0.6) is 5.75 Å². The second kappa shape index (κ2) is 8.30. The van der Waals surface area contributed by atoms with Crippen molar-refractivity contribution in [2.45, 2.75) is 13.2 Å². The van der Waals surface area contributed by atoms with Gasteiger partial charge in [0.25, 0.3) is 5.91 Å². The van der Waals surface area contributed by atoms with Crippen LogP contribution in [0.3, 0.4) is 0 Å². The van der Waals surface area contributed by atoms with Crippen molar-refractivity contribution >= 4 is 23.2 Å². The molecule has 1 aromatic carbocycles. The van der Waals surface area contributed by atoms with Gasteiger partial charge in [-0.1, -0.05) is 12.1 Å². The molecule has 0 aliphatic heterocycles. The number of rotatable bonds is 8. The summed E-state index contributed by atoms with van der Waals surface area (Å²) in [5.41, 5.74) is 1.68. The van der Waals surface area contributed by atoms with Gasteiger partial charge in [0.15, 0.2) is 6.61 Å². The number of methoxy groups -OCH3 is 1. The van der Waals surface area contributed by atoms with Crippen molar-refractivity contribution in [2.75, 3.05) is 13.7 Å². The topological polar surface area (TPSA) is 84.9 Å². The molecule has 0 aliphatic carbocycles. The number of hydrogen-bond acceptors (Lipinski definition) is 5. The molecule has 0 bridgehead atoms. The van der Waals surface area contributed by atoms with Crippen molar-refractivity contribution < 1.29 is 24.2 Å². The second-order valence-corrected chi connectivity index (χ2v) is 5.64. The molecule has 0 saturated carbocycles. The van der Waals surface area contributed by atoms with E-state index in [2.05, 4.69) is 5.32 Å². The fraction of sp³-hybridized carbons (Fsp3) is 0.250. The highest BCUT2D eigenvalue weighted by Gasteiger charge is 2.12. The van der Waals surface area contributed by atoms with Gasteiger partial charge in [0.1, 0.15) is 5.75 Å². The van der Waals surface area contributed by atoms with E-state index in [9.17, 15) is 9.59 Å². The van der Waals surface area contributed by atoms with Crippen molar-refractivity contribution in [1.82, 2.24) is 5.32 Å². The first kappa shape index (κ1) is 17.0. The zero-order valence-corrected chi connectivity index (χ0v) is 13.4. The summed E-state index contributed by atoms with van der Waals surface area (Å²) in [6.07, 6.45) is 0. The normalized spacial score (nSPS) is 10.3. The molecule has 122 valence electrons. The van der Waals surface area contributed by atoms with E-state index in [1.807, 2.05) is 17.5 Å². The van der Waals surface area contributed by atoms with Gasteiger partial charge in [0, 0.05) is 19.2 Å². The van der Waals surface area contributed by atoms with Gasteiger partial charge >= 0.3 is 5.97 Å².